The fourth-order valence-corrected chi connectivity index (χ4v) is 5.28. The Morgan fingerprint density at radius 3 is 1.12 bits per heavy atom. The predicted octanol–water partition coefficient (Wildman–Crippen LogP) is 10.9. The van der Waals surface area contributed by atoms with Crippen LogP contribution in [0.5, 0.6) is 0 Å². The highest BCUT2D eigenvalue weighted by Crippen LogP contribution is 2.33. The van der Waals surface area contributed by atoms with Crippen LogP contribution < -0.4 is 0 Å². The summed E-state index contributed by atoms with van der Waals surface area (Å²) in [5.74, 6) is 0. The smallest absolute Gasteiger partial charge is 0.0253 e. The summed E-state index contributed by atoms with van der Waals surface area (Å²) in [5.41, 5.74) is 2.36. The van der Waals surface area contributed by atoms with Crippen molar-refractivity contribution in [2.45, 2.75) is 0 Å². The van der Waals surface area contributed by atoms with E-state index in [9.17, 15) is 0 Å². The molecule has 0 atom stereocenters. The minimum atomic E-state index is 1.11. The Labute approximate surface area is 221 Å². The lowest BCUT2D eigenvalue weighted by atomic mass is 10.0. The fraction of sp³-hybridized carbons (Fsp3) is 0. The summed E-state index contributed by atoms with van der Waals surface area (Å²) in [5, 5.41) is 5.09. The van der Waals surface area contributed by atoms with E-state index in [4.69, 9.17) is 0 Å². The summed E-state index contributed by atoms with van der Waals surface area (Å²) in [6, 6.07) is 33.3. The first-order chi connectivity index (χ1) is 15.5. The van der Waals surface area contributed by atoms with Crippen LogP contribution in [-0.4, -0.2) is 0 Å². The third kappa shape index (κ3) is 5.43. The monoisotopic (exact) mass is 670 g/mol. The lowest BCUT2D eigenvalue weighted by Gasteiger charge is -2.06. The first kappa shape index (κ1) is 23.4. The highest BCUT2D eigenvalue weighted by atomic mass is 79.9. The molecule has 0 aliphatic heterocycles. The molecule has 0 aliphatic carbocycles. The molecule has 0 fully saturated rings. The van der Waals surface area contributed by atoms with Gasteiger partial charge in [-0.25, -0.2) is 0 Å². The molecule has 0 spiro atoms. The average molecular weight is 674 g/mol. The van der Waals surface area contributed by atoms with Crippen molar-refractivity contribution in [1.82, 2.24) is 0 Å². The number of halogens is 4. The summed E-state index contributed by atoms with van der Waals surface area (Å²) >= 11 is 14.2. The number of hydrogen-bond acceptors (Lipinski definition) is 0. The lowest BCUT2D eigenvalue weighted by molar-refractivity contribution is 1.59. The molecule has 0 nitrogen and oxygen atoms in total. The van der Waals surface area contributed by atoms with Crippen LogP contribution in [0.1, 0.15) is 11.1 Å². The Morgan fingerprint density at radius 1 is 0.344 bits per heavy atom. The molecule has 0 saturated carbocycles. The quantitative estimate of drug-likeness (QED) is 0.129. The molecule has 0 aliphatic rings. The number of hydrogen-bond donors (Lipinski definition) is 0. The van der Waals surface area contributed by atoms with E-state index in [-0.39, 0.29) is 0 Å². The molecule has 0 heterocycles. The van der Waals surface area contributed by atoms with Crippen molar-refractivity contribution in [3.8, 4) is 0 Å². The second kappa shape index (κ2) is 10.9. The van der Waals surface area contributed by atoms with E-state index in [0.717, 1.165) is 17.9 Å². The van der Waals surface area contributed by atoms with Crippen LogP contribution in [0.15, 0.2) is 115 Å². The summed E-state index contributed by atoms with van der Waals surface area (Å²) in [6.45, 7) is 0. The lowest BCUT2D eigenvalue weighted by Crippen LogP contribution is -1.79. The van der Waals surface area contributed by atoms with E-state index in [1.165, 1.54) is 32.7 Å². The summed E-state index contributed by atoms with van der Waals surface area (Å²) in [7, 11) is 0. The molecule has 0 N–H and O–H groups in total. The topological polar surface area (TPSA) is 0 Å². The molecule has 0 radical (unpaired) electrons. The van der Waals surface area contributed by atoms with Crippen LogP contribution in [-0.2, 0) is 0 Å². The molecule has 4 heteroatoms. The first-order valence-electron chi connectivity index (χ1n) is 9.97. The zero-order valence-electron chi connectivity index (χ0n) is 16.9. The zero-order chi connectivity index (χ0) is 22.5. The second-order valence-corrected chi connectivity index (χ2v) is 10.5. The van der Waals surface area contributed by atoms with Crippen molar-refractivity contribution in [3.05, 3.63) is 126 Å². The maximum atomic E-state index is 3.59. The molecule has 0 aromatic heterocycles. The van der Waals surface area contributed by atoms with Crippen molar-refractivity contribution < 1.29 is 0 Å². The van der Waals surface area contributed by atoms with Crippen LogP contribution in [0.3, 0.4) is 0 Å². The fourth-order valence-electron chi connectivity index (χ4n) is 3.45. The van der Waals surface area contributed by atoms with Gasteiger partial charge in [0.2, 0.25) is 0 Å². The van der Waals surface area contributed by atoms with Gasteiger partial charge in [0, 0.05) is 17.9 Å². The molecule has 5 aromatic carbocycles. The minimum Gasteiger partial charge on any atom is -0.0616 e. The molecule has 0 unspecified atom stereocenters. The van der Waals surface area contributed by atoms with E-state index in [0.29, 0.717) is 0 Å². The summed E-state index contributed by atoms with van der Waals surface area (Å²) < 4.78 is 4.51. The van der Waals surface area contributed by atoms with Crippen LogP contribution in [0, 0.1) is 0 Å². The molecule has 0 saturated heterocycles. The summed E-state index contributed by atoms with van der Waals surface area (Å²) in [6.07, 6.45) is 4.20. The van der Waals surface area contributed by atoms with Gasteiger partial charge in [0.05, 0.1) is 0 Å². The minimum absolute atomic E-state index is 1.11. The third-order valence-electron chi connectivity index (χ3n) is 5.07. The number of rotatable bonds is 2. The van der Waals surface area contributed by atoms with Crippen molar-refractivity contribution in [2.24, 2.45) is 0 Å². The van der Waals surface area contributed by atoms with Gasteiger partial charge in [-0.3, -0.25) is 0 Å². The van der Waals surface area contributed by atoms with E-state index in [1.54, 1.807) is 0 Å². The van der Waals surface area contributed by atoms with E-state index in [2.05, 4.69) is 137 Å². The third-order valence-corrected chi connectivity index (χ3v) is 7.89. The van der Waals surface area contributed by atoms with Gasteiger partial charge in [-0.15, -0.1) is 0 Å². The average Bonchev–Trinajstić information content (AvgIpc) is 2.80. The Hall–Kier alpha value is -1.72. The van der Waals surface area contributed by atoms with Crippen LogP contribution in [0.2, 0.25) is 0 Å². The van der Waals surface area contributed by atoms with Crippen molar-refractivity contribution >= 4 is 97.4 Å². The van der Waals surface area contributed by atoms with Crippen LogP contribution in [0.25, 0.3) is 33.7 Å². The molecule has 0 amide bonds. The highest BCUT2D eigenvalue weighted by molar-refractivity contribution is 9.11. The van der Waals surface area contributed by atoms with Gasteiger partial charge < -0.3 is 0 Å². The van der Waals surface area contributed by atoms with Crippen LogP contribution >= 0.6 is 63.7 Å². The van der Waals surface area contributed by atoms with Gasteiger partial charge in [-0.1, -0.05) is 149 Å². The zero-order valence-corrected chi connectivity index (χ0v) is 23.2. The van der Waals surface area contributed by atoms with Gasteiger partial charge in [0.1, 0.15) is 0 Å². The Bertz CT molecular complexity index is 1310. The largest absolute Gasteiger partial charge is 0.0616 e. The normalized spacial score (nSPS) is 11.0. The molecule has 32 heavy (non-hydrogen) atoms. The molecular formula is C28H18Br4. The van der Waals surface area contributed by atoms with Gasteiger partial charge in [0.25, 0.3) is 0 Å². The molecule has 5 aromatic rings. The van der Waals surface area contributed by atoms with Gasteiger partial charge >= 0.3 is 0 Å². The van der Waals surface area contributed by atoms with Crippen molar-refractivity contribution in [2.75, 3.05) is 0 Å². The number of benzene rings is 5. The predicted molar refractivity (Wildman–Crippen MR) is 154 cm³/mol. The summed E-state index contributed by atoms with van der Waals surface area (Å²) in [4.78, 5) is 0. The molecule has 0 bridgehead atoms. The Balaban J connectivity index is 0.000000153. The second-order valence-electron chi connectivity index (χ2n) is 7.11. The van der Waals surface area contributed by atoms with Gasteiger partial charge in [0.15, 0.2) is 0 Å². The molecule has 5 rings (SSSR count). The van der Waals surface area contributed by atoms with Crippen molar-refractivity contribution in [3.63, 3.8) is 0 Å². The van der Waals surface area contributed by atoms with E-state index < -0.39 is 0 Å². The maximum Gasteiger partial charge on any atom is 0.0253 e. The first-order valence-corrected chi connectivity index (χ1v) is 13.1. The van der Waals surface area contributed by atoms with Crippen molar-refractivity contribution in [1.29, 1.82) is 0 Å². The van der Waals surface area contributed by atoms with E-state index >= 15 is 0 Å². The van der Waals surface area contributed by atoms with E-state index in [1.807, 2.05) is 36.4 Å². The molecule has 158 valence electrons. The van der Waals surface area contributed by atoms with Crippen LogP contribution in [0.4, 0.5) is 0 Å². The van der Waals surface area contributed by atoms with Gasteiger partial charge in [-0.2, -0.15) is 0 Å². The van der Waals surface area contributed by atoms with Gasteiger partial charge in [-0.05, 0) is 56.9 Å². The highest BCUT2D eigenvalue weighted by Gasteiger charge is 2.04. The standard InChI is InChI=1S/C14H8Br2.C14H10Br2/c15-13-5-1-3-9-10-4-2-6-14(16)12(10)8-7-11(9)13;15-13-7-3-1-5-11(13)9-10-12-6-2-4-8-14(12)16/h1-8H;1-10H/b;10-9+. The molecular weight excluding hydrogens is 656 g/mol. The Kier molecular flexibility index (Phi) is 8.01. The SMILES string of the molecule is Brc1cccc2c1ccc1c(Br)cccc12.Brc1ccccc1/C=C/c1ccccc1Br. The Morgan fingerprint density at radius 2 is 0.719 bits per heavy atom. The number of fused-ring (bicyclic) bond motifs is 3. The maximum absolute atomic E-state index is 3.59.